The average molecular weight is 483 g/mol. The highest BCUT2D eigenvalue weighted by Crippen LogP contribution is 2.54. The predicted octanol–water partition coefficient (Wildman–Crippen LogP) is 3.84. The number of carbonyl (C=O) groups is 2. The summed E-state index contributed by atoms with van der Waals surface area (Å²) in [6.07, 6.45) is 3.63. The van der Waals surface area contributed by atoms with Crippen LogP contribution in [0.5, 0.6) is 0 Å². The molecule has 2 saturated carbocycles. The summed E-state index contributed by atoms with van der Waals surface area (Å²) in [6, 6.07) is 4.27. The number of carbonyl (C=O) groups excluding carboxylic acids is 2. The molecule has 35 heavy (non-hydrogen) atoms. The molecule has 3 atom stereocenters. The number of halogens is 2. The van der Waals surface area contributed by atoms with Gasteiger partial charge >= 0.3 is 6.09 Å². The molecule has 2 fully saturated rings. The second kappa shape index (κ2) is 9.01. The lowest BCUT2D eigenvalue weighted by molar-refractivity contribution is -0.117. The van der Waals surface area contributed by atoms with Crippen molar-refractivity contribution in [1.29, 1.82) is 0 Å². The lowest BCUT2D eigenvalue weighted by atomic mass is 10.2. The SMILES string of the molecule is C[C@@H](OC(=O)Nc1c(-c2ccc(NC(=O)[C@H]3CC3C3CC3)cn2)nnn1C)c1cc(F)cnc1F. The van der Waals surface area contributed by atoms with E-state index in [2.05, 4.69) is 30.9 Å². The van der Waals surface area contributed by atoms with Crippen LogP contribution >= 0.6 is 0 Å². The van der Waals surface area contributed by atoms with Crippen LogP contribution in [0.15, 0.2) is 30.6 Å². The zero-order valence-electron chi connectivity index (χ0n) is 19.0. The van der Waals surface area contributed by atoms with Crippen LogP contribution in [0.4, 0.5) is 25.1 Å². The summed E-state index contributed by atoms with van der Waals surface area (Å²) in [7, 11) is 1.56. The Labute approximate surface area is 199 Å². The van der Waals surface area contributed by atoms with Gasteiger partial charge in [-0.1, -0.05) is 5.21 Å². The zero-order chi connectivity index (χ0) is 24.7. The van der Waals surface area contributed by atoms with Crippen molar-refractivity contribution in [1.82, 2.24) is 25.0 Å². The summed E-state index contributed by atoms with van der Waals surface area (Å²) in [5.41, 5.74) is 1.04. The number of anilines is 2. The van der Waals surface area contributed by atoms with E-state index in [1.165, 1.54) is 30.6 Å². The highest BCUT2D eigenvalue weighted by atomic mass is 19.1. The number of hydrogen-bond donors (Lipinski definition) is 2. The lowest BCUT2D eigenvalue weighted by Crippen LogP contribution is -2.19. The van der Waals surface area contributed by atoms with E-state index in [9.17, 15) is 18.4 Å². The number of hydrogen-bond acceptors (Lipinski definition) is 7. The molecule has 0 aromatic carbocycles. The van der Waals surface area contributed by atoms with Crippen LogP contribution in [0.25, 0.3) is 11.4 Å². The first-order chi connectivity index (χ1) is 16.8. The van der Waals surface area contributed by atoms with Gasteiger partial charge in [-0.2, -0.15) is 4.39 Å². The highest BCUT2D eigenvalue weighted by Gasteiger charge is 2.51. The minimum absolute atomic E-state index is 0.0140. The summed E-state index contributed by atoms with van der Waals surface area (Å²) < 4.78 is 33.8. The number of aryl methyl sites for hydroxylation is 1. The van der Waals surface area contributed by atoms with E-state index in [0.29, 0.717) is 23.2 Å². The van der Waals surface area contributed by atoms with Crippen LogP contribution in [0, 0.1) is 29.5 Å². The van der Waals surface area contributed by atoms with Crippen molar-refractivity contribution < 1.29 is 23.1 Å². The number of aromatic nitrogens is 5. The van der Waals surface area contributed by atoms with Crippen LogP contribution in [0.2, 0.25) is 0 Å². The number of nitrogens with zero attached hydrogens (tertiary/aromatic N) is 5. The van der Waals surface area contributed by atoms with Gasteiger partial charge in [0, 0.05) is 13.0 Å². The van der Waals surface area contributed by atoms with Crippen molar-refractivity contribution in [2.24, 2.45) is 24.8 Å². The van der Waals surface area contributed by atoms with Gasteiger partial charge in [0.25, 0.3) is 0 Å². The van der Waals surface area contributed by atoms with Crippen molar-refractivity contribution in [2.45, 2.75) is 32.3 Å². The molecule has 0 spiro atoms. The largest absolute Gasteiger partial charge is 0.441 e. The van der Waals surface area contributed by atoms with Crippen LogP contribution in [0.3, 0.4) is 0 Å². The molecular formula is C23H23F2N7O3. The molecule has 2 N–H and O–H groups in total. The first-order valence-electron chi connectivity index (χ1n) is 11.3. The third-order valence-corrected chi connectivity index (χ3v) is 6.28. The van der Waals surface area contributed by atoms with Crippen molar-refractivity contribution in [3.05, 3.63) is 47.9 Å². The van der Waals surface area contributed by atoms with Crippen molar-refractivity contribution in [3.63, 3.8) is 0 Å². The van der Waals surface area contributed by atoms with E-state index in [-0.39, 0.29) is 28.9 Å². The quantitative estimate of drug-likeness (QED) is 0.489. The van der Waals surface area contributed by atoms with E-state index in [1.807, 2.05) is 0 Å². The van der Waals surface area contributed by atoms with Gasteiger partial charge in [0.1, 0.15) is 11.9 Å². The molecule has 2 aliphatic carbocycles. The first kappa shape index (κ1) is 22.8. The summed E-state index contributed by atoms with van der Waals surface area (Å²) >= 11 is 0. The molecule has 0 aliphatic heterocycles. The molecule has 3 aromatic rings. The molecule has 5 rings (SSSR count). The monoisotopic (exact) mass is 483 g/mol. The molecule has 182 valence electrons. The Hall–Kier alpha value is -3.96. The van der Waals surface area contributed by atoms with Crippen LogP contribution in [0.1, 0.15) is 37.9 Å². The third kappa shape index (κ3) is 4.96. The second-order valence-corrected chi connectivity index (χ2v) is 8.88. The van der Waals surface area contributed by atoms with E-state index in [0.717, 1.165) is 18.7 Å². The summed E-state index contributed by atoms with van der Waals surface area (Å²) in [6.45, 7) is 1.39. The molecule has 12 heteroatoms. The number of amides is 2. The fourth-order valence-electron chi connectivity index (χ4n) is 4.15. The maximum Gasteiger partial charge on any atom is 0.413 e. The molecule has 2 amide bonds. The molecule has 3 aromatic heterocycles. The number of rotatable bonds is 7. The average Bonchev–Trinajstić information content (AvgIpc) is 3.73. The molecule has 0 bridgehead atoms. The molecule has 3 heterocycles. The molecule has 2 aliphatic rings. The van der Waals surface area contributed by atoms with Gasteiger partial charge < -0.3 is 10.1 Å². The smallest absolute Gasteiger partial charge is 0.413 e. The fourth-order valence-corrected chi connectivity index (χ4v) is 4.15. The Morgan fingerprint density at radius 2 is 1.97 bits per heavy atom. The van der Waals surface area contributed by atoms with Gasteiger partial charge in [-0.25, -0.2) is 18.9 Å². The van der Waals surface area contributed by atoms with Gasteiger partial charge in [0.05, 0.1) is 29.3 Å². The molecule has 10 nitrogen and oxygen atoms in total. The van der Waals surface area contributed by atoms with Gasteiger partial charge in [0.2, 0.25) is 11.9 Å². The molecule has 1 unspecified atom stereocenters. The highest BCUT2D eigenvalue weighted by molar-refractivity contribution is 5.94. The van der Waals surface area contributed by atoms with E-state index in [4.69, 9.17) is 4.74 Å². The Balaban J connectivity index is 1.23. The van der Waals surface area contributed by atoms with Gasteiger partial charge in [0.15, 0.2) is 11.5 Å². The summed E-state index contributed by atoms with van der Waals surface area (Å²) in [4.78, 5) is 32.5. The Morgan fingerprint density at radius 1 is 1.17 bits per heavy atom. The van der Waals surface area contributed by atoms with Crippen molar-refractivity contribution in [2.75, 3.05) is 10.6 Å². The standard InChI is InChI=1S/C23H23F2N7O3/c1-11(15-7-13(24)9-27-20(15)25)35-23(34)29-21-19(30-31-32(21)2)18-6-5-14(10-26-18)28-22(33)17-8-16(17)12-3-4-12/h5-7,9-12,16-17H,3-4,8H2,1-2H3,(H,28,33)(H,29,34)/t11-,16?,17+/m1/s1. The fraction of sp³-hybridized carbons (Fsp3) is 0.391. The zero-order valence-corrected chi connectivity index (χ0v) is 19.0. The van der Waals surface area contributed by atoms with Crippen LogP contribution in [-0.2, 0) is 16.6 Å². The summed E-state index contributed by atoms with van der Waals surface area (Å²) in [5.74, 6) is -0.158. The van der Waals surface area contributed by atoms with E-state index < -0.39 is 24.0 Å². The lowest BCUT2D eigenvalue weighted by Gasteiger charge is -2.15. The third-order valence-electron chi connectivity index (χ3n) is 6.28. The minimum atomic E-state index is -1.10. The number of ether oxygens (including phenoxy) is 1. The normalized spacial score (nSPS) is 19.7. The van der Waals surface area contributed by atoms with Crippen molar-refractivity contribution in [3.8, 4) is 11.4 Å². The summed E-state index contributed by atoms with van der Waals surface area (Å²) in [5, 5.41) is 13.4. The molecule has 0 saturated heterocycles. The first-order valence-corrected chi connectivity index (χ1v) is 11.3. The Bertz CT molecular complexity index is 1280. The Kier molecular flexibility index (Phi) is 5.87. The van der Waals surface area contributed by atoms with E-state index in [1.54, 1.807) is 19.2 Å². The molecule has 0 radical (unpaired) electrons. The van der Waals surface area contributed by atoms with Crippen LogP contribution < -0.4 is 10.6 Å². The van der Waals surface area contributed by atoms with Gasteiger partial charge in [-0.05, 0) is 56.2 Å². The van der Waals surface area contributed by atoms with Gasteiger partial charge in [-0.15, -0.1) is 5.10 Å². The van der Waals surface area contributed by atoms with Gasteiger partial charge in [-0.3, -0.25) is 15.1 Å². The second-order valence-electron chi connectivity index (χ2n) is 8.88. The number of nitrogens with one attached hydrogen (secondary N) is 2. The molecular weight excluding hydrogens is 460 g/mol. The van der Waals surface area contributed by atoms with Crippen LogP contribution in [-0.4, -0.2) is 37.0 Å². The predicted molar refractivity (Wildman–Crippen MR) is 120 cm³/mol. The number of pyridine rings is 2. The van der Waals surface area contributed by atoms with E-state index >= 15 is 0 Å². The minimum Gasteiger partial charge on any atom is -0.441 e. The topological polar surface area (TPSA) is 124 Å². The maximum absolute atomic E-state index is 13.9. The maximum atomic E-state index is 13.9. The van der Waals surface area contributed by atoms with Crippen molar-refractivity contribution >= 4 is 23.5 Å². The Morgan fingerprint density at radius 3 is 2.69 bits per heavy atom.